The van der Waals surface area contributed by atoms with Gasteiger partial charge in [-0.2, -0.15) is 5.10 Å². The van der Waals surface area contributed by atoms with Gasteiger partial charge < -0.3 is 9.73 Å². The van der Waals surface area contributed by atoms with Crippen molar-refractivity contribution in [2.24, 2.45) is 0 Å². The van der Waals surface area contributed by atoms with E-state index in [0.29, 0.717) is 24.4 Å². The Kier molecular flexibility index (Phi) is 3.71. The minimum absolute atomic E-state index is 0.0615. The van der Waals surface area contributed by atoms with Gasteiger partial charge in [0, 0.05) is 5.56 Å². The Morgan fingerprint density at radius 2 is 2.29 bits per heavy atom. The molecule has 1 fully saturated rings. The first-order chi connectivity index (χ1) is 11.5. The van der Waals surface area contributed by atoms with Crippen molar-refractivity contribution in [3.63, 3.8) is 0 Å². The third-order valence-electron chi connectivity index (χ3n) is 4.70. The standard InChI is InChI=1S/C16H19N3O4S/c20-16(17-9-12-3-2-7-23-12)15-13-4-1-5-14(13)18-19(15)11-6-8-24(21,22)10-11/h2-3,7,11H,1,4-6,8-10H2,(H,17,20)/t11-/m1/s1. The molecule has 0 spiro atoms. The van der Waals surface area contributed by atoms with E-state index in [1.807, 2.05) is 0 Å². The van der Waals surface area contributed by atoms with E-state index in [1.54, 1.807) is 23.1 Å². The average molecular weight is 349 g/mol. The first-order valence-electron chi connectivity index (χ1n) is 8.15. The number of sulfone groups is 1. The van der Waals surface area contributed by atoms with Gasteiger partial charge >= 0.3 is 0 Å². The summed E-state index contributed by atoms with van der Waals surface area (Å²) >= 11 is 0. The number of carbonyl (C=O) groups excluding carboxylic acids is 1. The molecule has 2 aromatic rings. The Hall–Kier alpha value is -2.09. The molecule has 8 heteroatoms. The van der Waals surface area contributed by atoms with Crippen LogP contribution in [0.4, 0.5) is 0 Å². The van der Waals surface area contributed by atoms with Crippen LogP contribution in [0.15, 0.2) is 22.8 Å². The Morgan fingerprint density at radius 3 is 3.00 bits per heavy atom. The van der Waals surface area contributed by atoms with Crippen molar-refractivity contribution in [3.8, 4) is 0 Å². The zero-order valence-electron chi connectivity index (χ0n) is 13.2. The highest BCUT2D eigenvalue weighted by Crippen LogP contribution is 2.31. The number of fused-ring (bicyclic) bond motifs is 1. The summed E-state index contributed by atoms with van der Waals surface area (Å²) in [6, 6.07) is 3.32. The summed E-state index contributed by atoms with van der Waals surface area (Å²) in [5.41, 5.74) is 2.43. The smallest absolute Gasteiger partial charge is 0.270 e. The molecule has 1 amide bonds. The molecular weight excluding hydrogens is 330 g/mol. The number of rotatable bonds is 4. The molecule has 3 heterocycles. The minimum Gasteiger partial charge on any atom is -0.467 e. The Morgan fingerprint density at radius 1 is 1.42 bits per heavy atom. The first-order valence-corrected chi connectivity index (χ1v) is 9.97. The highest BCUT2D eigenvalue weighted by Gasteiger charge is 2.35. The quantitative estimate of drug-likeness (QED) is 0.897. The summed E-state index contributed by atoms with van der Waals surface area (Å²) < 4.78 is 30.5. The number of carbonyl (C=O) groups is 1. The SMILES string of the molecule is O=C(NCc1ccco1)c1c2c(nn1[C@@H]1CCS(=O)(=O)C1)CCC2. The maximum absolute atomic E-state index is 12.7. The number of hydrogen-bond acceptors (Lipinski definition) is 5. The monoisotopic (exact) mass is 349 g/mol. The number of nitrogens with zero attached hydrogens (tertiary/aromatic N) is 2. The number of hydrogen-bond donors (Lipinski definition) is 1. The van der Waals surface area contributed by atoms with Crippen molar-refractivity contribution in [1.29, 1.82) is 0 Å². The number of amides is 1. The van der Waals surface area contributed by atoms with Crippen molar-refractivity contribution in [1.82, 2.24) is 15.1 Å². The fourth-order valence-corrected chi connectivity index (χ4v) is 5.24. The summed E-state index contributed by atoms with van der Waals surface area (Å²) in [6.07, 6.45) is 4.73. The maximum Gasteiger partial charge on any atom is 0.270 e. The van der Waals surface area contributed by atoms with Gasteiger partial charge in [0.25, 0.3) is 5.91 Å². The van der Waals surface area contributed by atoms with Crippen molar-refractivity contribution >= 4 is 15.7 Å². The Labute approximate surface area is 139 Å². The van der Waals surface area contributed by atoms with Gasteiger partial charge in [-0.25, -0.2) is 8.42 Å². The van der Waals surface area contributed by atoms with Crippen LogP contribution < -0.4 is 5.32 Å². The predicted molar refractivity (Wildman–Crippen MR) is 86.4 cm³/mol. The van der Waals surface area contributed by atoms with Gasteiger partial charge in [0.1, 0.15) is 11.5 Å². The van der Waals surface area contributed by atoms with Crippen LogP contribution in [0.2, 0.25) is 0 Å². The van der Waals surface area contributed by atoms with Crippen molar-refractivity contribution in [3.05, 3.63) is 41.1 Å². The van der Waals surface area contributed by atoms with Crippen molar-refractivity contribution in [2.75, 3.05) is 11.5 Å². The van der Waals surface area contributed by atoms with E-state index in [0.717, 1.165) is 30.5 Å². The molecule has 128 valence electrons. The van der Waals surface area contributed by atoms with Gasteiger partial charge in [-0.05, 0) is 37.8 Å². The van der Waals surface area contributed by atoms with E-state index in [4.69, 9.17) is 4.42 Å². The van der Waals surface area contributed by atoms with Crippen LogP contribution >= 0.6 is 0 Å². The topological polar surface area (TPSA) is 94.2 Å². The maximum atomic E-state index is 12.7. The molecule has 1 saturated heterocycles. The van der Waals surface area contributed by atoms with Crippen molar-refractivity contribution in [2.45, 2.75) is 38.3 Å². The lowest BCUT2D eigenvalue weighted by Crippen LogP contribution is -2.28. The molecule has 0 bridgehead atoms. The number of aromatic nitrogens is 2. The largest absolute Gasteiger partial charge is 0.467 e. The van der Waals surface area contributed by atoms with Crippen LogP contribution in [0.3, 0.4) is 0 Å². The molecule has 0 aromatic carbocycles. The lowest BCUT2D eigenvalue weighted by atomic mass is 10.1. The summed E-state index contributed by atoms with van der Waals surface area (Å²) in [7, 11) is -3.03. The van der Waals surface area contributed by atoms with E-state index in [2.05, 4.69) is 10.4 Å². The summed E-state index contributed by atoms with van der Waals surface area (Å²) in [5.74, 6) is 0.683. The summed E-state index contributed by atoms with van der Waals surface area (Å²) in [4.78, 5) is 12.7. The molecule has 0 unspecified atom stereocenters. The normalized spacial score (nSPS) is 21.8. The molecule has 7 nitrogen and oxygen atoms in total. The van der Waals surface area contributed by atoms with Gasteiger partial charge in [-0.1, -0.05) is 0 Å². The van der Waals surface area contributed by atoms with E-state index >= 15 is 0 Å². The second kappa shape index (κ2) is 5.77. The highest BCUT2D eigenvalue weighted by molar-refractivity contribution is 7.91. The molecule has 1 atom stereocenters. The Balaban J connectivity index is 1.62. The molecule has 1 aliphatic carbocycles. The van der Waals surface area contributed by atoms with E-state index in [-0.39, 0.29) is 23.5 Å². The molecule has 2 aromatic heterocycles. The lowest BCUT2D eigenvalue weighted by molar-refractivity contribution is 0.0934. The van der Waals surface area contributed by atoms with Crippen LogP contribution in [0.5, 0.6) is 0 Å². The highest BCUT2D eigenvalue weighted by atomic mass is 32.2. The van der Waals surface area contributed by atoms with Gasteiger partial charge in [0.2, 0.25) is 0 Å². The fourth-order valence-electron chi connectivity index (χ4n) is 3.55. The third-order valence-corrected chi connectivity index (χ3v) is 6.46. The molecule has 1 aliphatic heterocycles. The molecule has 1 N–H and O–H groups in total. The van der Waals surface area contributed by atoms with Crippen LogP contribution in [0.1, 0.15) is 46.4 Å². The molecule has 24 heavy (non-hydrogen) atoms. The first kappa shape index (κ1) is 15.4. The number of aryl methyl sites for hydroxylation is 1. The van der Waals surface area contributed by atoms with Crippen molar-refractivity contribution < 1.29 is 17.6 Å². The van der Waals surface area contributed by atoms with Crippen LogP contribution in [-0.4, -0.2) is 35.6 Å². The average Bonchev–Trinajstić information content (AvgIpc) is 3.27. The van der Waals surface area contributed by atoms with Crippen LogP contribution in [0.25, 0.3) is 0 Å². The predicted octanol–water partition coefficient (Wildman–Crippen LogP) is 1.25. The summed E-state index contributed by atoms with van der Waals surface area (Å²) in [5, 5.41) is 7.43. The molecule has 2 aliphatic rings. The van der Waals surface area contributed by atoms with E-state index < -0.39 is 9.84 Å². The number of nitrogens with one attached hydrogen (secondary N) is 1. The molecular formula is C16H19N3O4S. The van der Waals surface area contributed by atoms with Crippen LogP contribution in [0, 0.1) is 0 Å². The van der Waals surface area contributed by atoms with E-state index in [1.165, 1.54) is 0 Å². The summed E-state index contributed by atoms with van der Waals surface area (Å²) in [6.45, 7) is 0.300. The molecule has 4 rings (SSSR count). The second-order valence-electron chi connectivity index (χ2n) is 6.39. The zero-order valence-corrected chi connectivity index (χ0v) is 14.0. The third kappa shape index (κ3) is 2.75. The van der Waals surface area contributed by atoms with Gasteiger partial charge in [-0.15, -0.1) is 0 Å². The Bertz CT molecular complexity index is 868. The fraction of sp³-hybridized carbons (Fsp3) is 0.500. The van der Waals surface area contributed by atoms with Gasteiger partial charge in [0.15, 0.2) is 9.84 Å². The van der Waals surface area contributed by atoms with E-state index in [9.17, 15) is 13.2 Å². The zero-order chi connectivity index (χ0) is 16.7. The van der Waals surface area contributed by atoms with Gasteiger partial charge in [0.05, 0.1) is 36.0 Å². The minimum atomic E-state index is -3.03. The molecule has 0 radical (unpaired) electrons. The molecule has 0 saturated carbocycles. The van der Waals surface area contributed by atoms with Crippen LogP contribution in [-0.2, 0) is 29.2 Å². The second-order valence-corrected chi connectivity index (χ2v) is 8.62. The lowest BCUT2D eigenvalue weighted by Gasteiger charge is -2.14. The van der Waals surface area contributed by atoms with Gasteiger partial charge in [-0.3, -0.25) is 9.48 Å². The number of furan rings is 1.